The fourth-order valence-corrected chi connectivity index (χ4v) is 4.51. The molecule has 1 saturated heterocycles. The van der Waals surface area contributed by atoms with Crippen molar-refractivity contribution >= 4 is 0 Å². The Morgan fingerprint density at radius 1 is 1.00 bits per heavy atom. The Morgan fingerprint density at radius 3 is 2.18 bits per heavy atom. The van der Waals surface area contributed by atoms with E-state index < -0.39 is 47.5 Å². The second-order valence-electron chi connectivity index (χ2n) is 8.31. The summed E-state index contributed by atoms with van der Waals surface area (Å²) in [6.45, 7) is -0.837. The Hall–Kier alpha value is -3.08. The zero-order chi connectivity index (χ0) is 23.6. The monoisotopic (exact) mass is 454 g/mol. The molecule has 5 atom stereocenters. The van der Waals surface area contributed by atoms with Crippen LogP contribution in [0.25, 0.3) is 0 Å². The second-order valence-corrected chi connectivity index (χ2v) is 8.31. The molecule has 9 heteroatoms. The number of nitrogens with one attached hydrogen (secondary N) is 1. The average Bonchev–Trinajstić information content (AvgIpc) is 3.03. The van der Waals surface area contributed by atoms with Gasteiger partial charge in [0.2, 0.25) is 0 Å². The van der Waals surface area contributed by atoms with Crippen LogP contribution in [-0.4, -0.2) is 60.0 Å². The lowest BCUT2D eigenvalue weighted by Crippen LogP contribution is -2.66. The van der Waals surface area contributed by atoms with Crippen molar-refractivity contribution in [3.63, 3.8) is 0 Å². The maximum Gasteiger partial charge on any atom is 0.330 e. The molecule has 0 amide bonds. The van der Waals surface area contributed by atoms with Crippen LogP contribution in [0.1, 0.15) is 17.4 Å². The van der Waals surface area contributed by atoms with Crippen molar-refractivity contribution in [2.24, 2.45) is 0 Å². The third-order valence-corrected chi connectivity index (χ3v) is 6.31. The highest BCUT2D eigenvalue weighted by Gasteiger charge is 2.68. The highest BCUT2D eigenvalue weighted by molar-refractivity contribution is 5.26. The minimum absolute atomic E-state index is 0.0124. The van der Waals surface area contributed by atoms with Crippen LogP contribution < -0.4 is 11.2 Å². The lowest BCUT2D eigenvalue weighted by Gasteiger charge is -2.43. The predicted octanol–water partition coefficient (Wildman–Crippen LogP) is -0.265. The van der Waals surface area contributed by atoms with Crippen molar-refractivity contribution in [1.29, 1.82) is 0 Å². The predicted molar refractivity (Wildman–Crippen MR) is 119 cm³/mol. The molecule has 1 fully saturated rings. The minimum Gasteiger partial charge on any atom is -0.393 e. The molecule has 3 aromatic rings. The van der Waals surface area contributed by atoms with Crippen molar-refractivity contribution < 1.29 is 25.2 Å². The first kappa shape index (κ1) is 23.1. The molecule has 0 radical (unpaired) electrons. The number of benzene rings is 2. The standard InChI is InChI=1S/C24H26N2O7/c27-15-24(18(28)13-16-7-3-1-4-8-16)23(32,14-17-9-5-2-6-10-17)20(30)21(33-24)26-12-11-19(29)25-22(26)31/h1-12,18,20-21,27-28,30,32H,13-15H2,(H,25,29,31)/t18?,20-,21+,23-,24+/m0/s1. The van der Waals surface area contributed by atoms with Crippen molar-refractivity contribution in [3.05, 3.63) is 105 Å². The lowest BCUT2D eigenvalue weighted by molar-refractivity contribution is -0.216. The van der Waals surface area contributed by atoms with E-state index in [4.69, 9.17) is 4.74 Å². The quantitative estimate of drug-likeness (QED) is 0.331. The fraction of sp³-hybridized carbons (Fsp3) is 0.333. The Balaban J connectivity index is 1.81. The van der Waals surface area contributed by atoms with Crippen molar-refractivity contribution in [3.8, 4) is 0 Å². The summed E-state index contributed by atoms with van der Waals surface area (Å²) in [5.74, 6) is 0. The van der Waals surface area contributed by atoms with E-state index in [0.717, 1.165) is 22.4 Å². The number of hydrogen-bond acceptors (Lipinski definition) is 7. The van der Waals surface area contributed by atoms with Gasteiger partial charge in [0, 0.05) is 25.1 Å². The van der Waals surface area contributed by atoms with E-state index in [1.807, 2.05) is 6.07 Å². The number of hydrogen-bond donors (Lipinski definition) is 5. The van der Waals surface area contributed by atoms with Crippen LogP contribution in [0.15, 0.2) is 82.5 Å². The molecule has 33 heavy (non-hydrogen) atoms. The number of aromatic nitrogens is 2. The number of H-pyrrole nitrogens is 1. The Morgan fingerprint density at radius 2 is 1.61 bits per heavy atom. The topological polar surface area (TPSA) is 145 Å². The Kier molecular flexibility index (Phi) is 6.33. The largest absolute Gasteiger partial charge is 0.393 e. The molecular weight excluding hydrogens is 428 g/mol. The molecule has 9 nitrogen and oxygen atoms in total. The summed E-state index contributed by atoms with van der Waals surface area (Å²) >= 11 is 0. The normalized spacial score (nSPS) is 28.0. The van der Waals surface area contributed by atoms with Gasteiger partial charge in [0.15, 0.2) is 11.8 Å². The maximum atomic E-state index is 12.4. The van der Waals surface area contributed by atoms with Gasteiger partial charge in [-0.15, -0.1) is 0 Å². The molecule has 1 aliphatic rings. The van der Waals surface area contributed by atoms with E-state index >= 15 is 0 Å². The van der Waals surface area contributed by atoms with Gasteiger partial charge in [-0.1, -0.05) is 60.7 Å². The van der Waals surface area contributed by atoms with E-state index in [1.165, 1.54) is 0 Å². The molecule has 0 bridgehead atoms. The summed E-state index contributed by atoms with van der Waals surface area (Å²) in [4.78, 5) is 26.0. The summed E-state index contributed by atoms with van der Waals surface area (Å²) in [5.41, 5.74) is -4.37. The summed E-state index contributed by atoms with van der Waals surface area (Å²) in [5, 5.41) is 44.9. The maximum absolute atomic E-state index is 12.4. The molecular formula is C24H26N2O7. The molecule has 2 heterocycles. The van der Waals surface area contributed by atoms with Crippen LogP contribution >= 0.6 is 0 Å². The zero-order valence-corrected chi connectivity index (χ0v) is 17.7. The number of aliphatic hydroxyl groups excluding tert-OH is 3. The molecule has 1 unspecified atom stereocenters. The number of aromatic amines is 1. The first-order chi connectivity index (χ1) is 15.8. The van der Waals surface area contributed by atoms with Crippen LogP contribution in [0.4, 0.5) is 0 Å². The van der Waals surface area contributed by atoms with Crippen LogP contribution in [0, 0.1) is 0 Å². The number of aliphatic hydroxyl groups is 4. The minimum atomic E-state index is -2.18. The second kappa shape index (κ2) is 9.05. The Labute approximate surface area is 189 Å². The van der Waals surface area contributed by atoms with Gasteiger partial charge in [0.25, 0.3) is 5.56 Å². The Bertz CT molecular complexity index is 1200. The number of ether oxygens (including phenoxy) is 1. The van der Waals surface area contributed by atoms with Crippen LogP contribution in [-0.2, 0) is 17.6 Å². The highest BCUT2D eigenvalue weighted by Crippen LogP contribution is 2.48. The molecule has 174 valence electrons. The van der Waals surface area contributed by atoms with Crippen molar-refractivity contribution in [2.75, 3.05) is 6.61 Å². The summed E-state index contributed by atoms with van der Waals surface area (Å²) in [7, 11) is 0. The zero-order valence-electron chi connectivity index (χ0n) is 17.7. The molecule has 5 N–H and O–H groups in total. The van der Waals surface area contributed by atoms with Gasteiger partial charge in [0.05, 0.1) is 12.7 Å². The van der Waals surface area contributed by atoms with Gasteiger partial charge in [-0.2, -0.15) is 0 Å². The SMILES string of the molecule is O=c1ccn([C@@H]2O[C@](CO)(C(O)Cc3ccccc3)[C@](O)(Cc3ccccc3)[C@H]2O)c(=O)[nH]1. The molecule has 1 aliphatic heterocycles. The molecule has 0 aliphatic carbocycles. The third-order valence-electron chi connectivity index (χ3n) is 6.31. The van der Waals surface area contributed by atoms with E-state index in [1.54, 1.807) is 54.6 Å². The summed E-state index contributed by atoms with van der Waals surface area (Å²) in [6, 6.07) is 18.8. The molecule has 2 aromatic carbocycles. The first-order valence-electron chi connectivity index (χ1n) is 10.6. The number of rotatable bonds is 7. The first-order valence-corrected chi connectivity index (χ1v) is 10.6. The van der Waals surface area contributed by atoms with Gasteiger partial charge in [0.1, 0.15) is 11.7 Å². The molecule has 0 spiro atoms. The van der Waals surface area contributed by atoms with Crippen LogP contribution in [0.2, 0.25) is 0 Å². The third kappa shape index (κ3) is 4.05. The van der Waals surface area contributed by atoms with E-state index in [0.29, 0.717) is 5.56 Å². The molecule has 1 aromatic heterocycles. The summed E-state index contributed by atoms with van der Waals surface area (Å²) < 4.78 is 6.91. The van der Waals surface area contributed by atoms with E-state index in [9.17, 15) is 30.0 Å². The average molecular weight is 454 g/mol. The van der Waals surface area contributed by atoms with Gasteiger partial charge in [-0.25, -0.2) is 4.79 Å². The van der Waals surface area contributed by atoms with Crippen molar-refractivity contribution in [1.82, 2.24) is 9.55 Å². The molecule has 4 rings (SSSR count). The van der Waals surface area contributed by atoms with Crippen LogP contribution in [0.5, 0.6) is 0 Å². The van der Waals surface area contributed by atoms with Gasteiger partial charge in [-0.05, 0) is 11.1 Å². The highest BCUT2D eigenvalue weighted by atomic mass is 16.6. The van der Waals surface area contributed by atoms with Crippen LogP contribution in [0.3, 0.4) is 0 Å². The molecule has 0 saturated carbocycles. The fourth-order valence-electron chi connectivity index (χ4n) is 4.51. The van der Waals surface area contributed by atoms with Gasteiger partial charge < -0.3 is 25.2 Å². The van der Waals surface area contributed by atoms with E-state index in [2.05, 4.69) is 4.98 Å². The smallest absolute Gasteiger partial charge is 0.330 e. The van der Waals surface area contributed by atoms with Crippen molar-refractivity contribution in [2.45, 2.75) is 42.5 Å². The van der Waals surface area contributed by atoms with E-state index in [-0.39, 0.29) is 12.8 Å². The lowest BCUT2D eigenvalue weighted by atomic mass is 9.72. The number of nitrogens with zero attached hydrogens (tertiary/aromatic N) is 1. The van der Waals surface area contributed by atoms with Gasteiger partial charge in [-0.3, -0.25) is 14.3 Å². The summed E-state index contributed by atoms with van der Waals surface area (Å²) in [6.07, 6.45) is -3.67. The van der Waals surface area contributed by atoms with Gasteiger partial charge >= 0.3 is 5.69 Å².